The summed E-state index contributed by atoms with van der Waals surface area (Å²) >= 11 is 14.6. The molecule has 1 N–H and O–H groups in total. The molecule has 0 unspecified atom stereocenters. The number of hydrogen-bond acceptors (Lipinski definition) is 6. The molecule has 6 atom stereocenters. The molecule has 4 aromatic rings. The lowest BCUT2D eigenvalue weighted by Gasteiger charge is -2.50. The first-order valence-electron chi connectivity index (χ1n) is 16.1. The Morgan fingerprint density at radius 3 is 2.04 bits per heavy atom. The van der Waals surface area contributed by atoms with E-state index in [9.17, 15) is 37.9 Å². The van der Waals surface area contributed by atoms with E-state index in [4.69, 9.17) is 23.2 Å². The van der Waals surface area contributed by atoms with Gasteiger partial charge in [-0.1, -0.05) is 48.0 Å². The van der Waals surface area contributed by atoms with Crippen molar-refractivity contribution in [1.82, 2.24) is 0 Å². The Morgan fingerprint density at radius 1 is 0.745 bits per heavy atom. The first kappa shape index (κ1) is 33.0. The molecule has 4 aliphatic rings. The van der Waals surface area contributed by atoms with Gasteiger partial charge in [0.1, 0.15) is 5.82 Å². The van der Waals surface area contributed by atoms with E-state index in [1.165, 1.54) is 42.5 Å². The molecule has 2 aliphatic carbocycles. The number of imide groups is 2. The van der Waals surface area contributed by atoms with Gasteiger partial charge in [-0.25, -0.2) is 13.7 Å². The molecular formula is C39H26Cl2F2N2O6. The Balaban J connectivity index is 1.20. The van der Waals surface area contributed by atoms with E-state index in [2.05, 4.69) is 0 Å². The Labute approximate surface area is 299 Å². The quantitative estimate of drug-likeness (QED) is 0.106. The molecule has 3 fully saturated rings. The first-order chi connectivity index (χ1) is 24.4. The van der Waals surface area contributed by atoms with Gasteiger partial charge in [0.25, 0.3) is 11.8 Å². The minimum atomic E-state index is -2.24. The summed E-state index contributed by atoms with van der Waals surface area (Å²) in [6, 6.07) is 22.8. The molecule has 2 saturated heterocycles. The van der Waals surface area contributed by atoms with Gasteiger partial charge in [-0.15, -0.1) is 23.2 Å². The summed E-state index contributed by atoms with van der Waals surface area (Å²) in [5.74, 6) is -9.41. The lowest BCUT2D eigenvalue weighted by molar-refractivity contribution is -0.125. The van der Waals surface area contributed by atoms with Crippen LogP contribution in [0.2, 0.25) is 0 Å². The fourth-order valence-corrected chi connectivity index (χ4v) is 9.18. The molecule has 1 saturated carbocycles. The molecule has 12 heteroatoms. The fraction of sp³-hybridized carbons (Fsp3) is 0.205. The number of aromatic hydroxyl groups is 1. The summed E-state index contributed by atoms with van der Waals surface area (Å²) in [5, 5.41) is 10.00. The topological polar surface area (TPSA) is 112 Å². The highest BCUT2D eigenvalue weighted by atomic mass is 35.5. The lowest BCUT2D eigenvalue weighted by atomic mass is 9.56. The molecule has 8 nitrogen and oxygen atoms in total. The molecule has 0 aromatic heterocycles. The second-order valence-electron chi connectivity index (χ2n) is 13.2. The molecule has 2 aliphatic heterocycles. The van der Waals surface area contributed by atoms with Crippen molar-refractivity contribution in [3.05, 3.63) is 137 Å². The normalized spacial score (nSPS) is 28.4. The highest BCUT2D eigenvalue weighted by Gasteiger charge is 2.76. The summed E-state index contributed by atoms with van der Waals surface area (Å²) in [4.78, 5) is 67.4. The third-order valence-corrected chi connectivity index (χ3v) is 12.0. The van der Waals surface area contributed by atoms with Crippen LogP contribution in [-0.4, -0.2) is 44.3 Å². The van der Waals surface area contributed by atoms with Crippen LogP contribution in [-0.2, 0) is 19.2 Å². The number of hydrogen-bond donors (Lipinski definition) is 1. The van der Waals surface area contributed by atoms with Gasteiger partial charge < -0.3 is 5.11 Å². The number of ketones is 1. The standard InChI is InChI=1S/C39H26Cl2F2N2O6/c40-38-19-28-26(15-16-27-31(28)35(49)44(34(27)48)24-11-6-21(7-12-24)33(47)20-4-2-1-3-5-20)32(22-8-17-30(46)29(43)18-22)39(38,41)37(51)45(36(38)50)25-13-9-23(42)10-14-25/h1-15,17-18,27-28,31-32,46H,16,19H2/t27-,28+,31-,32-,38+,39-/m0/s1. The maximum absolute atomic E-state index is 14.9. The predicted molar refractivity (Wildman–Crippen MR) is 183 cm³/mol. The number of nitrogens with zero attached hydrogens (tertiary/aromatic N) is 2. The van der Waals surface area contributed by atoms with E-state index in [-0.39, 0.29) is 35.6 Å². The van der Waals surface area contributed by atoms with E-state index in [1.807, 2.05) is 0 Å². The van der Waals surface area contributed by atoms with Crippen LogP contribution in [0, 0.1) is 29.4 Å². The van der Waals surface area contributed by atoms with Crippen LogP contribution >= 0.6 is 23.2 Å². The van der Waals surface area contributed by atoms with E-state index in [0.29, 0.717) is 16.7 Å². The number of rotatable bonds is 5. The van der Waals surface area contributed by atoms with Crippen LogP contribution in [0.5, 0.6) is 5.75 Å². The Morgan fingerprint density at radius 2 is 1.37 bits per heavy atom. The van der Waals surface area contributed by atoms with Gasteiger partial charge in [-0.05, 0) is 85.0 Å². The van der Waals surface area contributed by atoms with Crippen LogP contribution in [0.25, 0.3) is 0 Å². The Kier molecular flexibility index (Phi) is 7.55. The lowest BCUT2D eigenvalue weighted by Crippen LogP contribution is -2.60. The number of carbonyl (C=O) groups is 5. The molecule has 0 spiro atoms. The summed E-state index contributed by atoms with van der Waals surface area (Å²) in [6.45, 7) is 0. The molecule has 0 radical (unpaired) electrons. The number of anilines is 2. The number of carbonyl (C=O) groups excluding carboxylic acids is 5. The average molecular weight is 728 g/mol. The zero-order valence-corrected chi connectivity index (χ0v) is 27.9. The molecule has 4 aromatic carbocycles. The molecule has 4 amide bonds. The van der Waals surface area contributed by atoms with Crippen LogP contribution < -0.4 is 9.80 Å². The van der Waals surface area contributed by atoms with Crippen molar-refractivity contribution in [3.8, 4) is 5.75 Å². The molecular weight excluding hydrogens is 701 g/mol. The third-order valence-electron chi connectivity index (χ3n) is 10.6. The van der Waals surface area contributed by atoms with E-state index in [1.54, 1.807) is 36.4 Å². The van der Waals surface area contributed by atoms with Crippen molar-refractivity contribution >= 4 is 64.0 Å². The third kappa shape index (κ3) is 4.66. The highest BCUT2D eigenvalue weighted by Crippen LogP contribution is 2.66. The number of allylic oxidation sites excluding steroid dienone is 2. The maximum Gasteiger partial charge on any atom is 0.258 e. The first-order valence-corrected chi connectivity index (χ1v) is 16.9. The van der Waals surface area contributed by atoms with Crippen LogP contribution in [0.1, 0.15) is 40.2 Å². The van der Waals surface area contributed by atoms with Gasteiger partial charge in [0, 0.05) is 17.0 Å². The molecule has 256 valence electrons. The monoisotopic (exact) mass is 726 g/mol. The summed E-state index contributed by atoms with van der Waals surface area (Å²) in [6.07, 6.45) is 1.46. The zero-order chi connectivity index (χ0) is 36.0. The molecule has 8 rings (SSSR count). The molecule has 2 heterocycles. The Hall–Kier alpha value is -5.19. The van der Waals surface area contributed by atoms with Gasteiger partial charge in [0.15, 0.2) is 27.1 Å². The SMILES string of the molecule is O=C(c1ccccc1)c1ccc(N2C(=O)[C@H]3[C@H](CC=C4[C@H]3C[C@@]3(Cl)C(=O)N(c5ccc(F)cc5)C(=O)[C@@]3(Cl)[C@H]4c3ccc(O)c(F)c3)C2=O)cc1. The minimum absolute atomic E-state index is 0.0128. The zero-order valence-electron chi connectivity index (χ0n) is 26.4. The van der Waals surface area contributed by atoms with Gasteiger partial charge in [0.2, 0.25) is 11.8 Å². The largest absolute Gasteiger partial charge is 0.505 e. The van der Waals surface area contributed by atoms with Gasteiger partial charge in [0.05, 0.1) is 23.2 Å². The predicted octanol–water partition coefficient (Wildman–Crippen LogP) is 6.67. The number of phenolic OH excluding ortho intramolecular Hbond substituents is 1. The number of phenols is 1. The van der Waals surface area contributed by atoms with Crippen molar-refractivity contribution in [3.63, 3.8) is 0 Å². The minimum Gasteiger partial charge on any atom is -0.505 e. The fourth-order valence-electron chi connectivity index (χ4n) is 8.25. The van der Waals surface area contributed by atoms with Crippen molar-refractivity contribution in [2.45, 2.75) is 28.5 Å². The number of alkyl halides is 2. The van der Waals surface area contributed by atoms with Gasteiger partial charge in [-0.2, -0.15) is 0 Å². The Bertz CT molecular complexity index is 2210. The average Bonchev–Trinajstić information content (AvgIpc) is 3.47. The van der Waals surface area contributed by atoms with Crippen molar-refractivity contribution < 1.29 is 37.9 Å². The number of halogens is 4. The number of amides is 4. The van der Waals surface area contributed by atoms with E-state index in [0.717, 1.165) is 34.1 Å². The van der Waals surface area contributed by atoms with Crippen LogP contribution in [0.4, 0.5) is 20.2 Å². The van der Waals surface area contributed by atoms with Crippen molar-refractivity contribution in [2.24, 2.45) is 17.8 Å². The summed E-state index contributed by atoms with van der Waals surface area (Å²) < 4.78 is 28.8. The maximum atomic E-state index is 14.9. The van der Waals surface area contributed by atoms with Crippen LogP contribution in [0.15, 0.2) is 109 Å². The highest BCUT2D eigenvalue weighted by molar-refractivity contribution is 6.58. The second-order valence-corrected chi connectivity index (χ2v) is 14.5. The van der Waals surface area contributed by atoms with Crippen LogP contribution in [0.3, 0.4) is 0 Å². The van der Waals surface area contributed by atoms with E-state index < -0.39 is 74.4 Å². The van der Waals surface area contributed by atoms with Crippen molar-refractivity contribution in [1.29, 1.82) is 0 Å². The smallest absolute Gasteiger partial charge is 0.258 e. The second kappa shape index (κ2) is 11.7. The van der Waals surface area contributed by atoms with E-state index >= 15 is 0 Å². The summed E-state index contributed by atoms with van der Waals surface area (Å²) in [5.41, 5.74) is 1.65. The van der Waals surface area contributed by atoms with Crippen molar-refractivity contribution in [2.75, 3.05) is 9.80 Å². The molecule has 51 heavy (non-hydrogen) atoms. The van der Waals surface area contributed by atoms with Gasteiger partial charge >= 0.3 is 0 Å². The number of benzene rings is 4. The van der Waals surface area contributed by atoms with Gasteiger partial charge in [-0.3, -0.25) is 28.9 Å². The molecule has 0 bridgehead atoms. The summed E-state index contributed by atoms with van der Waals surface area (Å²) in [7, 11) is 0. The number of fused-ring (bicyclic) bond motifs is 4.